The maximum absolute atomic E-state index is 11.6. The van der Waals surface area contributed by atoms with E-state index in [-0.39, 0.29) is 0 Å². The summed E-state index contributed by atoms with van der Waals surface area (Å²) in [7, 11) is 0. The summed E-state index contributed by atoms with van der Waals surface area (Å²) in [5, 5.41) is 0. The fraction of sp³-hybridized carbons (Fsp3) is 0.500. The Morgan fingerprint density at radius 1 is 1.60 bits per heavy atom. The first kappa shape index (κ1) is 9.20. The second-order valence-corrected chi connectivity index (χ2v) is 1.65. The highest BCUT2D eigenvalue weighted by molar-refractivity contribution is 5.79. The first-order valence-corrected chi connectivity index (χ1v) is 2.74. The van der Waals surface area contributed by atoms with Crippen LogP contribution in [-0.2, 0) is 0 Å². The summed E-state index contributed by atoms with van der Waals surface area (Å²) in [6, 6.07) is 0. The van der Waals surface area contributed by atoms with E-state index < -0.39 is 11.7 Å². The van der Waals surface area contributed by atoms with Gasteiger partial charge in [-0.15, -0.1) is 0 Å². The third kappa shape index (κ3) is 3.27. The van der Waals surface area contributed by atoms with Crippen LogP contribution in [0.4, 0.5) is 13.2 Å². The van der Waals surface area contributed by atoms with Crippen LogP contribution >= 0.6 is 0 Å². The van der Waals surface area contributed by atoms with E-state index in [9.17, 15) is 13.2 Å². The van der Waals surface area contributed by atoms with Crippen LogP contribution in [0.25, 0.3) is 0 Å². The van der Waals surface area contributed by atoms with Gasteiger partial charge in [-0.25, -0.2) is 0 Å². The van der Waals surface area contributed by atoms with Gasteiger partial charge < -0.3 is 0 Å². The SMILES string of the molecule is C=C(/C=N\CC)C(F)(F)F. The molecule has 0 saturated heterocycles. The molecule has 0 rings (SSSR count). The molecule has 0 fully saturated rings. The highest BCUT2D eigenvalue weighted by atomic mass is 19.4. The molecule has 0 unspecified atom stereocenters. The number of rotatable bonds is 2. The van der Waals surface area contributed by atoms with Gasteiger partial charge >= 0.3 is 6.18 Å². The van der Waals surface area contributed by atoms with E-state index in [4.69, 9.17) is 0 Å². The molecular formula is C6H8F3N. The van der Waals surface area contributed by atoms with Crippen molar-refractivity contribution in [2.75, 3.05) is 6.54 Å². The molecule has 0 spiro atoms. The molecule has 0 atom stereocenters. The van der Waals surface area contributed by atoms with Crippen molar-refractivity contribution in [3.8, 4) is 0 Å². The van der Waals surface area contributed by atoms with E-state index in [1.807, 2.05) is 0 Å². The zero-order valence-electron chi connectivity index (χ0n) is 5.57. The molecule has 0 aromatic heterocycles. The fourth-order valence-electron chi connectivity index (χ4n) is 0.275. The van der Waals surface area contributed by atoms with Crippen molar-refractivity contribution >= 4 is 6.21 Å². The summed E-state index contributed by atoms with van der Waals surface area (Å²) in [5.74, 6) is 0. The third-order valence-corrected chi connectivity index (χ3v) is 0.794. The van der Waals surface area contributed by atoms with E-state index >= 15 is 0 Å². The van der Waals surface area contributed by atoms with Gasteiger partial charge in [0.15, 0.2) is 0 Å². The number of hydrogen-bond acceptors (Lipinski definition) is 1. The van der Waals surface area contributed by atoms with Gasteiger partial charge in [-0.2, -0.15) is 13.2 Å². The molecule has 0 aromatic rings. The minimum absolute atomic E-state index is 0.342. The first-order chi connectivity index (χ1) is 4.48. The van der Waals surface area contributed by atoms with E-state index in [1.165, 1.54) is 0 Å². The normalized spacial score (nSPS) is 12.4. The molecule has 4 heteroatoms. The molecule has 0 aliphatic heterocycles. The van der Waals surface area contributed by atoms with Gasteiger partial charge in [-0.05, 0) is 6.92 Å². The van der Waals surface area contributed by atoms with Gasteiger partial charge in [0.2, 0.25) is 0 Å². The molecule has 0 aliphatic carbocycles. The summed E-state index contributed by atoms with van der Waals surface area (Å²) < 4.78 is 34.7. The van der Waals surface area contributed by atoms with Crippen molar-refractivity contribution in [3.05, 3.63) is 12.2 Å². The van der Waals surface area contributed by atoms with Crippen molar-refractivity contribution < 1.29 is 13.2 Å². The summed E-state index contributed by atoms with van der Waals surface area (Å²) in [4.78, 5) is 3.39. The van der Waals surface area contributed by atoms with E-state index in [0.29, 0.717) is 6.54 Å². The van der Waals surface area contributed by atoms with Gasteiger partial charge in [0.25, 0.3) is 0 Å². The second kappa shape index (κ2) is 3.39. The number of alkyl halides is 3. The summed E-state index contributed by atoms with van der Waals surface area (Å²) >= 11 is 0. The van der Waals surface area contributed by atoms with E-state index in [1.54, 1.807) is 6.92 Å². The highest BCUT2D eigenvalue weighted by Gasteiger charge is 2.30. The van der Waals surface area contributed by atoms with Crippen molar-refractivity contribution in [2.24, 2.45) is 4.99 Å². The molecule has 58 valence electrons. The van der Waals surface area contributed by atoms with Crippen molar-refractivity contribution in [1.29, 1.82) is 0 Å². The molecule has 10 heavy (non-hydrogen) atoms. The predicted octanol–water partition coefficient (Wildman–Crippen LogP) is 2.20. The Morgan fingerprint density at radius 3 is 2.40 bits per heavy atom. The Hall–Kier alpha value is -0.800. The topological polar surface area (TPSA) is 12.4 Å². The molecule has 0 N–H and O–H groups in total. The monoisotopic (exact) mass is 151 g/mol. The molecule has 0 amide bonds. The molecule has 0 heterocycles. The lowest BCUT2D eigenvalue weighted by Crippen LogP contribution is -2.11. The minimum Gasteiger partial charge on any atom is -0.293 e. The lowest BCUT2D eigenvalue weighted by atomic mass is 10.3. The first-order valence-electron chi connectivity index (χ1n) is 2.74. The van der Waals surface area contributed by atoms with Crippen LogP contribution in [0, 0.1) is 0 Å². The molecule has 0 saturated carbocycles. The number of hydrogen-bond donors (Lipinski definition) is 0. The number of halogens is 3. The van der Waals surface area contributed by atoms with Crippen LogP contribution in [0.3, 0.4) is 0 Å². The third-order valence-electron chi connectivity index (χ3n) is 0.794. The largest absolute Gasteiger partial charge is 0.417 e. The second-order valence-electron chi connectivity index (χ2n) is 1.65. The molecule has 1 nitrogen and oxygen atoms in total. The number of aliphatic imine (C=N–C) groups is 1. The maximum Gasteiger partial charge on any atom is 0.417 e. The number of allylic oxidation sites excluding steroid dienone is 1. The smallest absolute Gasteiger partial charge is 0.293 e. The van der Waals surface area contributed by atoms with Crippen LogP contribution in [0.5, 0.6) is 0 Å². The van der Waals surface area contributed by atoms with Gasteiger partial charge in [0.05, 0.1) is 5.57 Å². The Kier molecular flexibility index (Phi) is 3.12. The van der Waals surface area contributed by atoms with E-state index in [2.05, 4.69) is 11.6 Å². The zero-order chi connectivity index (χ0) is 8.20. The van der Waals surface area contributed by atoms with Crippen LogP contribution in [-0.4, -0.2) is 18.9 Å². The average molecular weight is 151 g/mol. The van der Waals surface area contributed by atoms with Crippen molar-refractivity contribution in [3.63, 3.8) is 0 Å². The highest BCUT2D eigenvalue weighted by Crippen LogP contribution is 2.21. The Bertz CT molecular complexity index is 146. The lowest BCUT2D eigenvalue weighted by molar-refractivity contribution is -0.0852. The van der Waals surface area contributed by atoms with Crippen LogP contribution < -0.4 is 0 Å². The van der Waals surface area contributed by atoms with Gasteiger partial charge in [0, 0.05) is 12.8 Å². The van der Waals surface area contributed by atoms with Crippen LogP contribution in [0.15, 0.2) is 17.1 Å². The van der Waals surface area contributed by atoms with Gasteiger partial charge in [-0.1, -0.05) is 6.58 Å². The molecule has 0 bridgehead atoms. The zero-order valence-corrected chi connectivity index (χ0v) is 5.57. The van der Waals surface area contributed by atoms with Crippen molar-refractivity contribution in [1.82, 2.24) is 0 Å². The van der Waals surface area contributed by atoms with Crippen LogP contribution in [0.1, 0.15) is 6.92 Å². The lowest BCUT2D eigenvalue weighted by Gasteiger charge is -2.02. The fourth-order valence-corrected chi connectivity index (χ4v) is 0.275. The predicted molar refractivity (Wildman–Crippen MR) is 34.2 cm³/mol. The standard InChI is InChI=1S/C6H8F3N/c1-3-10-4-5(2)6(7,8)9/h4H,2-3H2,1H3/b10-4-. The average Bonchev–Trinajstić information content (AvgIpc) is 1.80. The van der Waals surface area contributed by atoms with Crippen LogP contribution in [0.2, 0.25) is 0 Å². The van der Waals surface area contributed by atoms with Crippen molar-refractivity contribution in [2.45, 2.75) is 13.1 Å². The number of nitrogens with zero attached hydrogens (tertiary/aromatic N) is 1. The Labute approximate surface area is 57.3 Å². The van der Waals surface area contributed by atoms with E-state index in [0.717, 1.165) is 6.21 Å². The Balaban J connectivity index is 3.98. The molecular weight excluding hydrogens is 143 g/mol. The van der Waals surface area contributed by atoms with Gasteiger partial charge in [0.1, 0.15) is 0 Å². The molecule has 0 radical (unpaired) electrons. The summed E-state index contributed by atoms with van der Waals surface area (Å²) in [6.45, 7) is 4.78. The molecule has 0 aliphatic rings. The Morgan fingerprint density at radius 2 is 2.10 bits per heavy atom. The quantitative estimate of drug-likeness (QED) is 0.536. The summed E-state index contributed by atoms with van der Waals surface area (Å²) in [5.41, 5.74) is -0.908. The van der Waals surface area contributed by atoms with Gasteiger partial charge in [-0.3, -0.25) is 4.99 Å². The summed E-state index contributed by atoms with van der Waals surface area (Å²) in [6.07, 6.45) is -3.60. The molecule has 0 aromatic carbocycles. The maximum atomic E-state index is 11.6. The minimum atomic E-state index is -4.33.